The molecule has 0 bridgehead atoms. The number of aliphatic imine (C=N–C) groups is 1. The molecular weight excluding hydrogens is 230 g/mol. The minimum absolute atomic E-state index is 0.0757. The van der Waals surface area contributed by atoms with E-state index in [0.29, 0.717) is 19.6 Å². The van der Waals surface area contributed by atoms with Crippen LogP contribution in [0.2, 0.25) is 0 Å². The summed E-state index contributed by atoms with van der Waals surface area (Å²) in [5, 5.41) is 0. The van der Waals surface area contributed by atoms with Gasteiger partial charge in [-0.1, -0.05) is 38.5 Å². The first kappa shape index (κ1) is 16.9. The van der Waals surface area contributed by atoms with E-state index in [4.69, 9.17) is 4.74 Å². The second-order valence-electron chi connectivity index (χ2n) is 4.36. The minimum Gasteiger partial charge on any atom is -0.466 e. The maximum atomic E-state index is 11.0. The van der Waals surface area contributed by atoms with Gasteiger partial charge in [0.25, 0.3) is 0 Å². The van der Waals surface area contributed by atoms with Crippen LogP contribution in [0.4, 0.5) is 0 Å². The van der Waals surface area contributed by atoms with Crippen molar-refractivity contribution in [2.45, 2.75) is 64.7 Å². The second-order valence-corrected chi connectivity index (χ2v) is 4.36. The normalized spacial score (nSPS) is 9.83. The zero-order chi connectivity index (χ0) is 13.5. The van der Waals surface area contributed by atoms with Gasteiger partial charge >= 0.3 is 5.97 Å². The van der Waals surface area contributed by atoms with Crippen LogP contribution >= 0.6 is 0 Å². The standard InChI is InChI=1S/C14H25NO3/c1-2-18-14(17)11-9-7-5-3-4-6-8-10-12-15-13-16/h2-12H2,1H3. The third kappa shape index (κ3) is 12.9. The molecule has 0 saturated heterocycles. The zero-order valence-electron chi connectivity index (χ0n) is 11.5. The number of esters is 1. The summed E-state index contributed by atoms with van der Waals surface area (Å²) in [7, 11) is 0. The molecule has 0 amide bonds. The molecule has 0 aliphatic heterocycles. The highest BCUT2D eigenvalue weighted by atomic mass is 16.5. The lowest BCUT2D eigenvalue weighted by Gasteiger charge is -2.02. The lowest BCUT2D eigenvalue weighted by Crippen LogP contribution is -2.03. The highest BCUT2D eigenvalue weighted by Crippen LogP contribution is 2.10. The molecule has 0 aromatic rings. The average molecular weight is 255 g/mol. The molecule has 0 heterocycles. The maximum Gasteiger partial charge on any atom is 0.305 e. The molecule has 0 unspecified atom stereocenters. The molecule has 0 atom stereocenters. The predicted molar refractivity (Wildman–Crippen MR) is 71.2 cm³/mol. The first-order valence-electron chi connectivity index (χ1n) is 7.00. The molecule has 104 valence electrons. The van der Waals surface area contributed by atoms with Gasteiger partial charge < -0.3 is 4.74 Å². The molecule has 0 saturated carbocycles. The predicted octanol–water partition coefficient (Wildman–Crippen LogP) is 3.40. The van der Waals surface area contributed by atoms with E-state index in [9.17, 15) is 9.59 Å². The van der Waals surface area contributed by atoms with E-state index in [1.165, 1.54) is 25.7 Å². The Balaban J connectivity index is 3.07. The maximum absolute atomic E-state index is 11.0. The number of rotatable bonds is 12. The zero-order valence-corrected chi connectivity index (χ0v) is 11.5. The Hall–Kier alpha value is -1.15. The van der Waals surface area contributed by atoms with Crippen molar-refractivity contribution in [2.24, 2.45) is 4.99 Å². The quantitative estimate of drug-likeness (QED) is 0.232. The summed E-state index contributed by atoms with van der Waals surface area (Å²) in [5.74, 6) is -0.0757. The van der Waals surface area contributed by atoms with E-state index < -0.39 is 0 Å². The first-order chi connectivity index (χ1) is 8.81. The highest BCUT2D eigenvalue weighted by molar-refractivity contribution is 5.69. The molecule has 0 aromatic carbocycles. The topological polar surface area (TPSA) is 55.7 Å². The van der Waals surface area contributed by atoms with E-state index in [1.54, 1.807) is 6.08 Å². The molecule has 0 aliphatic carbocycles. The van der Waals surface area contributed by atoms with Gasteiger partial charge in [-0.2, -0.15) is 0 Å². The van der Waals surface area contributed by atoms with Crippen molar-refractivity contribution in [1.29, 1.82) is 0 Å². The number of carbonyl (C=O) groups excluding carboxylic acids is 2. The van der Waals surface area contributed by atoms with Crippen LogP contribution in [-0.2, 0) is 14.3 Å². The summed E-state index contributed by atoms with van der Waals surface area (Å²) < 4.78 is 4.86. The number of ether oxygens (including phenoxy) is 1. The number of unbranched alkanes of at least 4 members (excludes halogenated alkanes) is 7. The van der Waals surface area contributed by atoms with E-state index in [1.807, 2.05) is 6.92 Å². The summed E-state index contributed by atoms with van der Waals surface area (Å²) in [6, 6.07) is 0. The SMILES string of the molecule is CCOC(=O)CCCCCCCCCCN=C=O. The van der Waals surface area contributed by atoms with Crippen molar-refractivity contribution in [2.75, 3.05) is 13.2 Å². The molecule has 0 spiro atoms. The van der Waals surface area contributed by atoms with Gasteiger partial charge in [-0.3, -0.25) is 4.79 Å². The van der Waals surface area contributed by atoms with Crippen molar-refractivity contribution >= 4 is 12.0 Å². The average Bonchev–Trinajstić information content (AvgIpc) is 2.36. The molecule has 0 fully saturated rings. The van der Waals surface area contributed by atoms with Crippen molar-refractivity contribution < 1.29 is 14.3 Å². The van der Waals surface area contributed by atoms with Crippen molar-refractivity contribution in [3.05, 3.63) is 0 Å². The largest absolute Gasteiger partial charge is 0.466 e. The van der Waals surface area contributed by atoms with Crippen LogP contribution in [0.1, 0.15) is 64.7 Å². The summed E-state index contributed by atoms with van der Waals surface area (Å²) >= 11 is 0. The van der Waals surface area contributed by atoms with Crippen LogP contribution in [0.25, 0.3) is 0 Å². The molecule has 0 rings (SSSR count). The third-order valence-corrected chi connectivity index (χ3v) is 2.77. The first-order valence-corrected chi connectivity index (χ1v) is 7.00. The minimum atomic E-state index is -0.0757. The van der Waals surface area contributed by atoms with Crippen LogP contribution in [0, 0.1) is 0 Å². The summed E-state index contributed by atoms with van der Waals surface area (Å²) in [6.45, 7) is 2.92. The molecule has 0 N–H and O–H groups in total. The highest BCUT2D eigenvalue weighted by Gasteiger charge is 2.00. The van der Waals surface area contributed by atoms with Crippen LogP contribution < -0.4 is 0 Å². The fourth-order valence-electron chi connectivity index (χ4n) is 1.80. The lowest BCUT2D eigenvalue weighted by atomic mass is 10.1. The molecular formula is C14H25NO3. The van der Waals surface area contributed by atoms with Gasteiger partial charge in [-0.05, 0) is 19.8 Å². The van der Waals surface area contributed by atoms with Gasteiger partial charge in [0, 0.05) is 6.42 Å². The molecule has 0 radical (unpaired) electrons. The number of isocyanates is 1. The lowest BCUT2D eigenvalue weighted by molar-refractivity contribution is -0.143. The van der Waals surface area contributed by atoms with Gasteiger partial charge in [0.15, 0.2) is 0 Å². The monoisotopic (exact) mass is 255 g/mol. The van der Waals surface area contributed by atoms with E-state index in [0.717, 1.165) is 25.7 Å². The summed E-state index contributed by atoms with van der Waals surface area (Å²) in [6.07, 6.45) is 11.1. The van der Waals surface area contributed by atoms with E-state index in [-0.39, 0.29) is 5.97 Å². The summed E-state index contributed by atoms with van der Waals surface area (Å²) in [5.41, 5.74) is 0. The molecule has 4 heteroatoms. The Bertz CT molecular complexity index is 247. The molecule has 0 aromatic heterocycles. The Morgan fingerprint density at radius 1 is 1.00 bits per heavy atom. The number of hydrogen-bond acceptors (Lipinski definition) is 4. The second kappa shape index (κ2) is 13.9. The third-order valence-electron chi connectivity index (χ3n) is 2.77. The van der Waals surface area contributed by atoms with Crippen LogP contribution in [0.5, 0.6) is 0 Å². The van der Waals surface area contributed by atoms with Gasteiger partial charge in [0.05, 0.1) is 13.2 Å². The Morgan fingerprint density at radius 3 is 2.11 bits per heavy atom. The fraction of sp³-hybridized carbons (Fsp3) is 0.857. The van der Waals surface area contributed by atoms with Gasteiger partial charge in [-0.15, -0.1) is 0 Å². The van der Waals surface area contributed by atoms with Crippen LogP contribution in [0.3, 0.4) is 0 Å². The van der Waals surface area contributed by atoms with Gasteiger partial charge in [-0.25, -0.2) is 9.79 Å². The number of nitrogens with zero attached hydrogens (tertiary/aromatic N) is 1. The van der Waals surface area contributed by atoms with Crippen LogP contribution in [-0.4, -0.2) is 25.2 Å². The fourth-order valence-corrected chi connectivity index (χ4v) is 1.80. The Kier molecular flexibility index (Phi) is 13.0. The Labute approximate surface area is 110 Å². The van der Waals surface area contributed by atoms with Gasteiger partial charge in [0.2, 0.25) is 6.08 Å². The Morgan fingerprint density at radius 2 is 1.56 bits per heavy atom. The van der Waals surface area contributed by atoms with Gasteiger partial charge in [0.1, 0.15) is 0 Å². The summed E-state index contributed by atoms with van der Waals surface area (Å²) in [4.78, 5) is 24.4. The van der Waals surface area contributed by atoms with Crippen LogP contribution in [0.15, 0.2) is 4.99 Å². The molecule has 4 nitrogen and oxygen atoms in total. The molecule has 0 aliphatic rings. The van der Waals surface area contributed by atoms with E-state index >= 15 is 0 Å². The van der Waals surface area contributed by atoms with Crippen molar-refractivity contribution in [1.82, 2.24) is 0 Å². The smallest absolute Gasteiger partial charge is 0.305 e. The number of hydrogen-bond donors (Lipinski definition) is 0. The van der Waals surface area contributed by atoms with Crippen molar-refractivity contribution in [3.8, 4) is 0 Å². The van der Waals surface area contributed by atoms with E-state index in [2.05, 4.69) is 4.99 Å². The number of carbonyl (C=O) groups is 1. The molecule has 18 heavy (non-hydrogen) atoms. The van der Waals surface area contributed by atoms with Crippen molar-refractivity contribution in [3.63, 3.8) is 0 Å².